The van der Waals surface area contributed by atoms with Crippen LogP contribution in [0, 0.1) is 0 Å². The Morgan fingerprint density at radius 2 is 0.588 bits per heavy atom. The molecule has 0 heterocycles. The van der Waals surface area contributed by atoms with Gasteiger partial charge in [0.2, 0.25) is 0 Å². The van der Waals surface area contributed by atoms with Gasteiger partial charge in [0.15, 0.2) is 0 Å². The van der Waals surface area contributed by atoms with Crippen molar-refractivity contribution in [1.29, 1.82) is 0 Å². The molecule has 0 N–H and O–H groups in total. The Labute approximate surface area is 113 Å². The second kappa shape index (κ2) is 24.1. The van der Waals surface area contributed by atoms with E-state index in [4.69, 9.17) is 29.7 Å². The second-order valence-corrected chi connectivity index (χ2v) is 2.38. The van der Waals surface area contributed by atoms with E-state index in [2.05, 4.69) is 0 Å². The van der Waals surface area contributed by atoms with Crippen LogP contribution in [0.4, 0.5) is 0 Å². The summed E-state index contributed by atoms with van der Waals surface area (Å²) in [4.78, 5) is 36.1. The maximum Gasteiger partial charge on any atom is 3.00 e. The molecule has 0 unspecified atom stereocenters. The third kappa shape index (κ3) is 1440. The summed E-state index contributed by atoms with van der Waals surface area (Å²) in [5.41, 5.74) is 0. The molecule has 0 rings (SSSR count). The van der Waals surface area contributed by atoms with Gasteiger partial charge in [0.25, 0.3) is 0 Å². The molecule has 0 fully saturated rings. The van der Waals surface area contributed by atoms with Crippen LogP contribution in [0.5, 0.6) is 0 Å². The Bertz CT molecular complexity index is 161. The first-order valence-electron chi connectivity index (χ1n) is 3.93. The van der Waals surface area contributed by atoms with Gasteiger partial charge in [-0.15, -0.1) is 0 Å². The Morgan fingerprint density at radius 3 is 0.588 bits per heavy atom. The van der Waals surface area contributed by atoms with Crippen LogP contribution in [-0.4, -0.2) is 43.5 Å². The van der Waals surface area contributed by atoms with Gasteiger partial charge < -0.3 is 34.5 Å². The topological polar surface area (TPSA) is 137 Å². The number of rotatable bonds is 0. The number of carboxylic acid groups (broad SMARTS) is 3. The van der Waals surface area contributed by atoms with Crippen LogP contribution in [0.1, 0.15) is 34.6 Å². The van der Waals surface area contributed by atoms with Crippen molar-refractivity contribution in [2.75, 3.05) is 0 Å². The van der Waals surface area contributed by atoms with Gasteiger partial charge in [0.05, 0.1) is 0 Å². The zero-order valence-electron chi connectivity index (χ0n) is 10.4. The third-order valence-electron chi connectivity index (χ3n) is 0. The van der Waals surface area contributed by atoms with Gasteiger partial charge in [0, 0.05) is 17.9 Å². The first-order chi connectivity index (χ1) is 6.93. The molecule has 0 atom stereocenters. The van der Waals surface area contributed by atoms with Crippen LogP contribution >= 0.6 is 0 Å². The maximum absolute atomic E-state index is 9.44. The molecule has 8 heteroatoms. The molecule has 0 saturated carbocycles. The number of aliphatic carboxylic acids is 3. The molecule has 0 aromatic heterocycles. The third-order valence-corrected chi connectivity index (χ3v) is 0. The van der Waals surface area contributed by atoms with Gasteiger partial charge in [-0.25, -0.2) is 0 Å². The first-order valence-corrected chi connectivity index (χ1v) is 3.93. The molecule has 0 aliphatic heterocycles. The molecule has 0 aromatic rings. The normalized spacial score (nSPS) is 5.94. The van der Waals surface area contributed by atoms with E-state index < -0.39 is 17.9 Å². The van der Waals surface area contributed by atoms with E-state index in [-0.39, 0.29) is 25.6 Å². The monoisotopic (exact) mass is 304 g/mol. The molecule has 96 valence electrons. The van der Waals surface area contributed by atoms with Gasteiger partial charge in [-0.3, -0.25) is 0 Å². The summed E-state index contributed by atoms with van der Waals surface area (Å²) in [5.74, 6) is -3.08. The van der Waals surface area contributed by atoms with Gasteiger partial charge in [-0.1, -0.05) is 0 Å². The van der Waals surface area contributed by atoms with Crippen LogP contribution in [0.2, 0.25) is 0 Å². The molecule has 0 spiro atoms. The van der Waals surface area contributed by atoms with Crippen LogP contribution in [0.3, 0.4) is 0 Å². The minimum Gasteiger partial charge on any atom is -0.550 e. The standard InChI is InChI=1S/C3H6O.3C2H4O2.Ga/c1-3(2)4;3*1-2(3)4;/h1-2H3;3*1H3,(H,3,4);/q;;;;+3/p-3. The van der Waals surface area contributed by atoms with Crippen molar-refractivity contribution < 1.29 is 34.5 Å². The Kier molecular flexibility index (Phi) is 42.0. The summed E-state index contributed by atoms with van der Waals surface area (Å²) in [6, 6.07) is 0. The van der Waals surface area contributed by atoms with Crippen LogP contribution in [0.25, 0.3) is 0 Å². The number of carbonyl (C=O) groups excluding carboxylic acids is 4. The number of hydrogen-bond donors (Lipinski definition) is 0. The van der Waals surface area contributed by atoms with Crippen molar-refractivity contribution >= 4 is 43.5 Å². The molecule has 0 saturated heterocycles. The van der Waals surface area contributed by atoms with E-state index in [1.165, 1.54) is 13.8 Å². The van der Waals surface area contributed by atoms with E-state index in [1.54, 1.807) is 0 Å². The smallest absolute Gasteiger partial charge is 0.550 e. The van der Waals surface area contributed by atoms with Gasteiger partial charge >= 0.3 is 19.8 Å². The molecule has 17 heavy (non-hydrogen) atoms. The van der Waals surface area contributed by atoms with E-state index in [1.807, 2.05) is 0 Å². The zero-order chi connectivity index (χ0) is 14.3. The van der Waals surface area contributed by atoms with Crippen molar-refractivity contribution in [3.8, 4) is 0 Å². The van der Waals surface area contributed by atoms with Crippen molar-refractivity contribution in [3.05, 3.63) is 0 Å². The number of carboxylic acids is 3. The molecule has 0 bridgehead atoms. The number of ketones is 1. The summed E-state index contributed by atoms with van der Waals surface area (Å²) in [7, 11) is 0. The fourth-order valence-corrected chi connectivity index (χ4v) is 0. The predicted octanol–water partition coefficient (Wildman–Crippen LogP) is -3.52. The minimum absolute atomic E-state index is 0. The summed E-state index contributed by atoms with van der Waals surface area (Å²) in [5, 5.41) is 26.7. The van der Waals surface area contributed by atoms with E-state index in [0.717, 1.165) is 20.8 Å². The van der Waals surface area contributed by atoms with Crippen molar-refractivity contribution in [1.82, 2.24) is 0 Å². The molecule has 0 aliphatic rings. The van der Waals surface area contributed by atoms with Crippen molar-refractivity contribution in [2.45, 2.75) is 34.6 Å². The quantitative estimate of drug-likeness (QED) is 0.423. The van der Waals surface area contributed by atoms with Gasteiger partial charge in [-0.05, 0) is 34.6 Å². The number of Topliss-reactive ketones (excluding diaryl/α,β-unsaturated/α-hetero) is 1. The van der Waals surface area contributed by atoms with Gasteiger partial charge in [0.1, 0.15) is 5.78 Å². The molecule has 0 aromatic carbocycles. The van der Waals surface area contributed by atoms with Crippen LogP contribution < -0.4 is 15.3 Å². The minimum atomic E-state index is -1.08. The summed E-state index contributed by atoms with van der Waals surface area (Å²) >= 11 is 0. The number of carbonyl (C=O) groups is 4. The van der Waals surface area contributed by atoms with Gasteiger partial charge in [-0.2, -0.15) is 0 Å². The van der Waals surface area contributed by atoms with E-state index in [0.29, 0.717) is 0 Å². The van der Waals surface area contributed by atoms with Crippen LogP contribution in [0.15, 0.2) is 0 Å². The molecule has 7 nitrogen and oxygen atoms in total. The second-order valence-electron chi connectivity index (χ2n) is 2.38. The average Bonchev–Trinajstić information content (AvgIpc) is 1.76. The molecular weight excluding hydrogens is 290 g/mol. The van der Waals surface area contributed by atoms with E-state index in [9.17, 15) is 4.79 Å². The van der Waals surface area contributed by atoms with Crippen LogP contribution in [-0.2, 0) is 19.2 Å². The molecule has 0 aliphatic carbocycles. The summed E-state index contributed by atoms with van der Waals surface area (Å²) in [6.45, 7) is 5.97. The Morgan fingerprint density at radius 1 is 0.588 bits per heavy atom. The fourth-order valence-electron chi connectivity index (χ4n) is 0. The number of hydrogen-bond acceptors (Lipinski definition) is 7. The summed E-state index contributed by atoms with van der Waals surface area (Å²) in [6.07, 6.45) is 0. The summed E-state index contributed by atoms with van der Waals surface area (Å²) < 4.78 is 0. The SMILES string of the molecule is CC(=O)[O-].CC(=O)[O-].CC(=O)[O-].CC(C)=O.[Ga+3]. The molecular formula is C9H15GaO7. The first kappa shape index (κ1) is 29.6. The fraction of sp³-hybridized carbons (Fsp3) is 0.556. The molecule has 0 amide bonds. The Hall–Kier alpha value is -1.28. The van der Waals surface area contributed by atoms with E-state index >= 15 is 0 Å². The Balaban J connectivity index is -0.0000000369. The maximum atomic E-state index is 9.44. The largest absolute Gasteiger partial charge is 3.00 e. The van der Waals surface area contributed by atoms with Crippen molar-refractivity contribution in [2.24, 2.45) is 0 Å². The zero-order valence-corrected chi connectivity index (χ0v) is 12.9. The molecule has 0 radical (unpaired) electrons. The average molecular weight is 305 g/mol. The predicted molar refractivity (Wildman–Crippen MR) is 54.2 cm³/mol. The van der Waals surface area contributed by atoms with Crippen molar-refractivity contribution in [3.63, 3.8) is 0 Å².